The molecule has 1 fully saturated rings. The van der Waals surface area contributed by atoms with Crippen LogP contribution in [-0.2, 0) is 22.1 Å². The summed E-state index contributed by atoms with van der Waals surface area (Å²) in [5.74, 6) is 1.31. The summed E-state index contributed by atoms with van der Waals surface area (Å²) in [6.45, 7) is 0.998. The van der Waals surface area contributed by atoms with E-state index >= 15 is 0 Å². The number of alkyl halides is 3. The van der Waals surface area contributed by atoms with Crippen LogP contribution in [0.5, 0.6) is 23.0 Å². The molecule has 0 bridgehead atoms. The third-order valence-corrected chi connectivity index (χ3v) is 5.17. The van der Waals surface area contributed by atoms with Crippen LogP contribution in [0.15, 0.2) is 36.4 Å². The first kappa shape index (κ1) is 24.5. The Kier molecular flexibility index (Phi) is 7.91. The van der Waals surface area contributed by atoms with Gasteiger partial charge in [-0.25, -0.2) is 0 Å². The number of morpholine rings is 1. The van der Waals surface area contributed by atoms with Crippen molar-refractivity contribution in [3.63, 3.8) is 0 Å². The van der Waals surface area contributed by atoms with Gasteiger partial charge in [0.15, 0.2) is 11.5 Å². The van der Waals surface area contributed by atoms with E-state index in [1.54, 1.807) is 17.0 Å². The molecule has 3 rings (SSSR count). The Morgan fingerprint density at radius 1 is 1.09 bits per heavy atom. The van der Waals surface area contributed by atoms with Crippen LogP contribution in [0.4, 0.5) is 13.2 Å². The van der Waals surface area contributed by atoms with Crippen LogP contribution in [0.25, 0.3) is 0 Å². The number of methoxy groups -OCH3 is 3. The van der Waals surface area contributed by atoms with Crippen molar-refractivity contribution in [3.8, 4) is 23.0 Å². The normalized spacial score (nSPS) is 16.3. The van der Waals surface area contributed by atoms with Crippen LogP contribution in [0.1, 0.15) is 11.1 Å². The largest absolute Gasteiger partial charge is 0.493 e. The second kappa shape index (κ2) is 10.7. The Bertz CT molecular complexity index is 940. The van der Waals surface area contributed by atoms with Crippen molar-refractivity contribution in [1.29, 1.82) is 0 Å². The summed E-state index contributed by atoms with van der Waals surface area (Å²) in [5.41, 5.74) is -0.0931. The Hall–Kier alpha value is -3.14. The number of benzene rings is 2. The summed E-state index contributed by atoms with van der Waals surface area (Å²) in [5, 5.41) is 0. The molecule has 2 aromatic rings. The SMILES string of the molecule is COc1cc(CC(=O)N2CCOC(COc3cccc(C(F)(F)F)c3)C2)cc(OC)c1OC. The van der Waals surface area contributed by atoms with Crippen LogP contribution >= 0.6 is 0 Å². The van der Waals surface area contributed by atoms with Gasteiger partial charge in [0, 0.05) is 6.54 Å². The predicted octanol–water partition coefficient (Wildman–Crippen LogP) is 3.58. The van der Waals surface area contributed by atoms with E-state index in [2.05, 4.69) is 0 Å². The minimum absolute atomic E-state index is 0.0231. The zero-order chi connectivity index (χ0) is 24.0. The zero-order valence-electron chi connectivity index (χ0n) is 18.6. The van der Waals surface area contributed by atoms with Crippen molar-refractivity contribution in [1.82, 2.24) is 4.90 Å². The van der Waals surface area contributed by atoms with Crippen molar-refractivity contribution in [2.75, 3.05) is 47.6 Å². The first-order chi connectivity index (χ1) is 15.7. The van der Waals surface area contributed by atoms with E-state index < -0.39 is 17.8 Å². The molecule has 1 aliphatic heterocycles. The topological polar surface area (TPSA) is 66.5 Å². The van der Waals surface area contributed by atoms with E-state index in [9.17, 15) is 18.0 Å². The van der Waals surface area contributed by atoms with Gasteiger partial charge in [0.1, 0.15) is 18.5 Å². The van der Waals surface area contributed by atoms with Gasteiger partial charge >= 0.3 is 6.18 Å². The lowest BCUT2D eigenvalue weighted by Crippen LogP contribution is -2.48. The molecule has 33 heavy (non-hydrogen) atoms. The molecule has 0 aliphatic carbocycles. The maximum absolute atomic E-state index is 12.9. The van der Waals surface area contributed by atoms with E-state index in [-0.39, 0.29) is 31.2 Å². The van der Waals surface area contributed by atoms with Crippen molar-refractivity contribution >= 4 is 5.91 Å². The smallest absolute Gasteiger partial charge is 0.416 e. The lowest BCUT2D eigenvalue weighted by atomic mass is 10.1. The molecular weight excluding hydrogens is 443 g/mol. The first-order valence-electron chi connectivity index (χ1n) is 10.2. The average molecular weight is 469 g/mol. The molecule has 0 spiro atoms. The molecule has 2 aromatic carbocycles. The Morgan fingerprint density at radius 2 is 1.79 bits per heavy atom. The van der Waals surface area contributed by atoms with Gasteiger partial charge in [-0.05, 0) is 35.9 Å². The van der Waals surface area contributed by atoms with Gasteiger partial charge in [0.2, 0.25) is 11.7 Å². The maximum atomic E-state index is 12.9. The number of ether oxygens (including phenoxy) is 5. The molecule has 0 radical (unpaired) electrons. The van der Waals surface area contributed by atoms with Crippen LogP contribution in [-0.4, -0.2) is 64.5 Å². The average Bonchev–Trinajstić information content (AvgIpc) is 2.81. The third kappa shape index (κ3) is 6.22. The van der Waals surface area contributed by atoms with Crippen LogP contribution in [0, 0.1) is 0 Å². The minimum atomic E-state index is -4.45. The molecule has 0 aromatic heterocycles. The quantitative estimate of drug-likeness (QED) is 0.589. The summed E-state index contributed by atoms with van der Waals surface area (Å²) in [7, 11) is 4.50. The third-order valence-electron chi connectivity index (χ3n) is 5.17. The molecule has 7 nitrogen and oxygen atoms in total. The molecule has 0 N–H and O–H groups in total. The van der Waals surface area contributed by atoms with Gasteiger partial charge in [0.05, 0.1) is 46.5 Å². The molecule has 1 saturated heterocycles. The fourth-order valence-electron chi connectivity index (χ4n) is 3.52. The fraction of sp³-hybridized carbons (Fsp3) is 0.435. The number of carbonyl (C=O) groups excluding carboxylic acids is 1. The van der Waals surface area contributed by atoms with Gasteiger partial charge in [-0.1, -0.05) is 6.07 Å². The van der Waals surface area contributed by atoms with Crippen LogP contribution in [0.3, 0.4) is 0 Å². The van der Waals surface area contributed by atoms with Crippen molar-refractivity contribution in [2.45, 2.75) is 18.7 Å². The van der Waals surface area contributed by atoms with Crippen LogP contribution < -0.4 is 18.9 Å². The molecule has 1 atom stereocenters. The van der Waals surface area contributed by atoms with Gasteiger partial charge in [-0.15, -0.1) is 0 Å². The Morgan fingerprint density at radius 3 is 2.39 bits per heavy atom. The summed E-state index contributed by atoms with van der Waals surface area (Å²) in [4.78, 5) is 14.5. The highest BCUT2D eigenvalue weighted by atomic mass is 19.4. The molecule has 1 aliphatic rings. The maximum Gasteiger partial charge on any atom is 0.416 e. The van der Waals surface area contributed by atoms with E-state index in [1.165, 1.54) is 33.5 Å². The van der Waals surface area contributed by atoms with Gasteiger partial charge in [0.25, 0.3) is 0 Å². The second-order valence-corrected chi connectivity index (χ2v) is 7.38. The van der Waals surface area contributed by atoms with Crippen molar-refractivity contribution in [2.24, 2.45) is 0 Å². The molecule has 10 heteroatoms. The highest BCUT2D eigenvalue weighted by Crippen LogP contribution is 2.38. The first-order valence-corrected chi connectivity index (χ1v) is 10.2. The number of amides is 1. The van der Waals surface area contributed by atoms with E-state index in [4.69, 9.17) is 23.7 Å². The summed E-state index contributed by atoms with van der Waals surface area (Å²) in [6.07, 6.45) is -4.80. The number of halogens is 3. The predicted molar refractivity (Wildman–Crippen MR) is 113 cm³/mol. The molecule has 1 unspecified atom stereocenters. The lowest BCUT2D eigenvalue weighted by molar-refractivity contribution is -0.139. The summed E-state index contributed by atoms with van der Waals surface area (Å²) < 4.78 is 65.7. The lowest BCUT2D eigenvalue weighted by Gasteiger charge is -2.33. The van der Waals surface area contributed by atoms with Crippen molar-refractivity contribution in [3.05, 3.63) is 47.5 Å². The number of hydrogen-bond acceptors (Lipinski definition) is 6. The van der Waals surface area contributed by atoms with Crippen molar-refractivity contribution < 1.29 is 41.7 Å². The molecule has 180 valence electrons. The van der Waals surface area contributed by atoms with E-state index in [0.717, 1.165) is 12.1 Å². The van der Waals surface area contributed by atoms with Gasteiger partial charge in [-0.3, -0.25) is 4.79 Å². The summed E-state index contributed by atoms with van der Waals surface area (Å²) in [6, 6.07) is 8.09. The zero-order valence-corrected chi connectivity index (χ0v) is 18.6. The minimum Gasteiger partial charge on any atom is -0.493 e. The Labute approximate surface area is 189 Å². The highest BCUT2D eigenvalue weighted by molar-refractivity contribution is 5.79. The molecule has 1 heterocycles. The Balaban J connectivity index is 1.61. The number of nitrogens with zero attached hydrogens (tertiary/aromatic N) is 1. The number of rotatable bonds is 8. The molecule has 1 amide bonds. The highest BCUT2D eigenvalue weighted by Gasteiger charge is 2.31. The number of carbonyl (C=O) groups is 1. The standard InChI is InChI=1S/C23H26F3NO6/c1-29-19-9-15(10-20(30-2)22(19)31-3)11-21(28)27-7-8-32-18(13-27)14-33-17-6-4-5-16(12-17)23(24,25)26/h4-6,9-10,12,18H,7-8,11,13-14H2,1-3H3. The monoisotopic (exact) mass is 469 g/mol. The number of hydrogen-bond donors (Lipinski definition) is 0. The molecular formula is C23H26F3NO6. The van der Waals surface area contributed by atoms with E-state index in [1.807, 2.05) is 0 Å². The summed E-state index contributed by atoms with van der Waals surface area (Å²) >= 11 is 0. The fourth-order valence-corrected chi connectivity index (χ4v) is 3.52. The van der Waals surface area contributed by atoms with Crippen LogP contribution in [0.2, 0.25) is 0 Å². The van der Waals surface area contributed by atoms with Gasteiger partial charge in [-0.2, -0.15) is 13.2 Å². The second-order valence-electron chi connectivity index (χ2n) is 7.38. The molecule has 0 saturated carbocycles. The van der Waals surface area contributed by atoms with Gasteiger partial charge < -0.3 is 28.6 Å². The van der Waals surface area contributed by atoms with E-state index in [0.29, 0.717) is 36.0 Å².